The molecule has 0 amide bonds. The Morgan fingerprint density at radius 2 is 2.23 bits per heavy atom. The van der Waals surface area contributed by atoms with Crippen molar-refractivity contribution in [2.45, 2.75) is 12.6 Å². The van der Waals surface area contributed by atoms with E-state index >= 15 is 0 Å². The Bertz CT molecular complexity index is 306. The Hall–Kier alpha value is -0.640. The molecule has 72 valence electrons. The standard InChI is InChI=1S/C9H10FNO.ClH/c10-7-2-1-6-4-12-5-9(11)8(6)3-7;/h1-3,9H,4-5,11H2;1H/t9-;/m0./s1. The number of hydrogen-bond donors (Lipinski definition) is 1. The molecule has 4 heteroatoms. The molecule has 13 heavy (non-hydrogen) atoms. The molecule has 2 rings (SSSR count). The summed E-state index contributed by atoms with van der Waals surface area (Å²) >= 11 is 0. The first-order valence-corrected chi connectivity index (χ1v) is 3.89. The van der Waals surface area contributed by atoms with E-state index < -0.39 is 0 Å². The van der Waals surface area contributed by atoms with Gasteiger partial charge in [0.1, 0.15) is 5.82 Å². The summed E-state index contributed by atoms with van der Waals surface area (Å²) in [7, 11) is 0. The third-order valence-corrected chi connectivity index (χ3v) is 2.06. The normalized spacial score (nSPS) is 20.3. The fourth-order valence-electron chi connectivity index (χ4n) is 1.43. The fourth-order valence-corrected chi connectivity index (χ4v) is 1.43. The van der Waals surface area contributed by atoms with Gasteiger partial charge in [0.2, 0.25) is 0 Å². The molecule has 0 saturated heterocycles. The van der Waals surface area contributed by atoms with Crippen LogP contribution in [0.25, 0.3) is 0 Å². The van der Waals surface area contributed by atoms with E-state index in [0.717, 1.165) is 11.1 Å². The summed E-state index contributed by atoms with van der Waals surface area (Å²) in [5.74, 6) is -0.230. The van der Waals surface area contributed by atoms with Gasteiger partial charge in [-0.2, -0.15) is 0 Å². The van der Waals surface area contributed by atoms with Crippen LogP contribution in [0.2, 0.25) is 0 Å². The van der Waals surface area contributed by atoms with E-state index in [-0.39, 0.29) is 24.3 Å². The lowest BCUT2D eigenvalue weighted by Crippen LogP contribution is -2.23. The maximum absolute atomic E-state index is 12.8. The summed E-state index contributed by atoms with van der Waals surface area (Å²) in [4.78, 5) is 0. The van der Waals surface area contributed by atoms with Crippen molar-refractivity contribution >= 4 is 12.4 Å². The predicted molar refractivity (Wildman–Crippen MR) is 50.2 cm³/mol. The van der Waals surface area contributed by atoms with Crippen molar-refractivity contribution in [1.29, 1.82) is 0 Å². The SMILES string of the molecule is Cl.N[C@H]1COCc2ccc(F)cc21. The van der Waals surface area contributed by atoms with Crippen LogP contribution >= 0.6 is 12.4 Å². The molecule has 1 atom stereocenters. The number of hydrogen-bond acceptors (Lipinski definition) is 2. The Morgan fingerprint density at radius 1 is 1.46 bits per heavy atom. The molecule has 0 bridgehead atoms. The van der Waals surface area contributed by atoms with Gasteiger partial charge in [-0.05, 0) is 23.3 Å². The monoisotopic (exact) mass is 203 g/mol. The Morgan fingerprint density at radius 3 is 3.00 bits per heavy atom. The first-order valence-electron chi connectivity index (χ1n) is 3.89. The van der Waals surface area contributed by atoms with E-state index in [0.29, 0.717) is 13.2 Å². The summed E-state index contributed by atoms with van der Waals surface area (Å²) in [6.07, 6.45) is 0. The number of halogens is 2. The highest BCUT2D eigenvalue weighted by atomic mass is 35.5. The third kappa shape index (κ3) is 1.99. The first kappa shape index (κ1) is 10.4. The Labute approximate surface area is 82.3 Å². The largest absolute Gasteiger partial charge is 0.375 e. The fraction of sp³-hybridized carbons (Fsp3) is 0.333. The van der Waals surface area contributed by atoms with Crippen LogP contribution in [0.1, 0.15) is 17.2 Å². The van der Waals surface area contributed by atoms with Crippen LogP contribution in [0.5, 0.6) is 0 Å². The number of fused-ring (bicyclic) bond motifs is 1. The molecule has 0 saturated carbocycles. The van der Waals surface area contributed by atoms with Crippen LogP contribution in [0.3, 0.4) is 0 Å². The summed E-state index contributed by atoms with van der Waals surface area (Å²) in [5, 5.41) is 0. The highest BCUT2D eigenvalue weighted by molar-refractivity contribution is 5.85. The van der Waals surface area contributed by atoms with Gasteiger partial charge >= 0.3 is 0 Å². The molecule has 1 aliphatic rings. The van der Waals surface area contributed by atoms with E-state index in [2.05, 4.69) is 0 Å². The Balaban J connectivity index is 0.000000845. The second kappa shape index (κ2) is 4.05. The average Bonchev–Trinajstić information content (AvgIpc) is 2.07. The van der Waals surface area contributed by atoms with Gasteiger partial charge in [-0.15, -0.1) is 12.4 Å². The van der Waals surface area contributed by atoms with Gasteiger partial charge in [0.05, 0.1) is 19.3 Å². The molecule has 0 unspecified atom stereocenters. The van der Waals surface area contributed by atoms with Crippen LogP contribution in [0.4, 0.5) is 4.39 Å². The van der Waals surface area contributed by atoms with Gasteiger partial charge in [-0.25, -0.2) is 4.39 Å². The molecule has 2 nitrogen and oxygen atoms in total. The Kier molecular flexibility index (Phi) is 3.25. The molecule has 1 aromatic rings. The number of rotatable bonds is 0. The molecule has 0 aromatic heterocycles. The van der Waals surface area contributed by atoms with Crippen molar-refractivity contribution in [3.63, 3.8) is 0 Å². The number of nitrogens with two attached hydrogens (primary N) is 1. The quantitative estimate of drug-likeness (QED) is 0.698. The molecule has 0 spiro atoms. The van der Waals surface area contributed by atoms with Crippen molar-refractivity contribution in [2.24, 2.45) is 5.73 Å². The molecular formula is C9H11ClFNO. The van der Waals surface area contributed by atoms with Crippen LogP contribution in [0, 0.1) is 5.82 Å². The summed E-state index contributed by atoms with van der Waals surface area (Å²) in [6.45, 7) is 1.03. The zero-order valence-electron chi connectivity index (χ0n) is 7.00. The smallest absolute Gasteiger partial charge is 0.123 e. The van der Waals surface area contributed by atoms with E-state index in [1.807, 2.05) is 0 Å². The summed E-state index contributed by atoms with van der Waals surface area (Å²) in [6, 6.07) is 4.47. The van der Waals surface area contributed by atoms with E-state index in [1.54, 1.807) is 6.07 Å². The summed E-state index contributed by atoms with van der Waals surface area (Å²) < 4.78 is 18.0. The molecule has 1 heterocycles. The van der Waals surface area contributed by atoms with Gasteiger partial charge < -0.3 is 10.5 Å². The van der Waals surface area contributed by atoms with Crippen LogP contribution in [0.15, 0.2) is 18.2 Å². The van der Waals surface area contributed by atoms with Gasteiger partial charge in [0.25, 0.3) is 0 Å². The van der Waals surface area contributed by atoms with Crippen molar-refractivity contribution < 1.29 is 9.13 Å². The zero-order valence-corrected chi connectivity index (χ0v) is 7.81. The van der Waals surface area contributed by atoms with Gasteiger partial charge in [-0.3, -0.25) is 0 Å². The van der Waals surface area contributed by atoms with Crippen molar-refractivity contribution in [3.05, 3.63) is 35.1 Å². The van der Waals surface area contributed by atoms with E-state index in [1.165, 1.54) is 12.1 Å². The molecular weight excluding hydrogens is 193 g/mol. The lowest BCUT2D eigenvalue weighted by Gasteiger charge is -2.22. The number of ether oxygens (including phenoxy) is 1. The minimum atomic E-state index is -0.230. The second-order valence-corrected chi connectivity index (χ2v) is 2.96. The molecule has 1 aromatic carbocycles. The first-order chi connectivity index (χ1) is 5.77. The lowest BCUT2D eigenvalue weighted by atomic mass is 10.00. The lowest BCUT2D eigenvalue weighted by molar-refractivity contribution is 0.0922. The second-order valence-electron chi connectivity index (χ2n) is 2.96. The molecule has 1 aliphatic heterocycles. The number of benzene rings is 1. The van der Waals surface area contributed by atoms with E-state index in [4.69, 9.17) is 10.5 Å². The van der Waals surface area contributed by atoms with E-state index in [9.17, 15) is 4.39 Å². The van der Waals surface area contributed by atoms with Gasteiger partial charge in [0, 0.05) is 0 Å². The summed E-state index contributed by atoms with van der Waals surface area (Å²) in [5.41, 5.74) is 7.60. The average molecular weight is 204 g/mol. The van der Waals surface area contributed by atoms with Crippen molar-refractivity contribution in [2.75, 3.05) is 6.61 Å². The van der Waals surface area contributed by atoms with Crippen LogP contribution in [-0.4, -0.2) is 6.61 Å². The molecule has 0 aliphatic carbocycles. The molecule has 0 radical (unpaired) electrons. The molecule has 0 fully saturated rings. The minimum Gasteiger partial charge on any atom is -0.375 e. The van der Waals surface area contributed by atoms with Gasteiger partial charge in [-0.1, -0.05) is 6.07 Å². The van der Waals surface area contributed by atoms with Crippen molar-refractivity contribution in [1.82, 2.24) is 0 Å². The highest BCUT2D eigenvalue weighted by Gasteiger charge is 2.17. The predicted octanol–water partition coefficient (Wildman–Crippen LogP) is 1.78. The van der Waals surface area contributed by atoms with Gasteiger partial charge in [0.15, 0.2) is 0 Å². The van der Waals surface area contributed by atoms with Crippen LogP contribution < -0.4 is 5.73 Å². The van der Waals surface area contributed by atoms with Crippen molar-refractivity contribution in [3.8, 4) is 0 Å². The maximum atomic E-state index is 12.8. The maximum Gasteiger partial charge on any atom is 0.123 e. The third-order valence-electron chi connectivity index (χ3n) is 2.06. The molecule has 2 N–H and O–H groups in total. The van der Waals surface area contributed by atoms with Crippen LogP contribution in [-0.2, 0) is 11.3 Å². The zero-order chi connectivity index (χ0) is 8.55. The topological polar surface area (TPSA) is 35.2 Å². The minimum absolute atomic E-state index is 0. The highest BCUT2D eigenvalue weighted by Crippen LogP contribution is 2.23.